The van der Waals surface area contributed by atoms with Crippen molar-refractivity contribution >= 4 is 11.8 Å². The molecule has 0 aliphatic carbocycles. The highest BCUT2D eigenvalue weighted by atomic mass is 19.1. The first-order valence-electron chi connectivity index (χ1n) is 8.57. The number of nitrogens with one attached hydrogen (secondary N) is 2. The summed E-state index contributed by atoms with van der Waals surface area (Å²) in [6.45, 7) is 0.933. The molecular weight excluding hydrogens is 374 g/mol. The summed E-state index contributed by atoms with van der Waals surface area (Å²) in [5.41, 5.74) is -1.45. The Balaban J connectivity index is 1.65. The molecule has 3 heterocycles. The lowest BCUT2D eigenvalue weighted by Crippen LogP contribution is -2.55. The van der Waals surface area contributed by atoms with Crippen LogP contribution in [0.25, 0.3) is 0 Å². The number of carbonyl (C=O) groups is 2. The van der Waals surface area contributed by atoms with E-state index in [0.717, 1.165) is 6.07 Å². The van der Waals surface area contributed by atoms with Gasteiger partial charge in [0, 0.05) is 37.5 Å². The van der Waals surface area contributed by atoms with Gasteiger partial charge >= 0.3 is 0 Å². The molecule has 1 fully saturated rings. The Morgan fingerprint density at radius 3 is 2.86 bits per heavy atom. The van der Waals surface area contributed by atoms with Crippen LogP contribution in [0.2, 0.25) is 0 Å². The number of aromatic hydroxyl groups is 1. The quantitative estimate of drug-likeness (QED) is 0.700. The number of benzene rings is 1. The number of aromatic nitrogens is 1. The third-order valence-electron chi connectivity index (χ3n) is 4.91. The first-order chi connectivity index (χ1) is 13.4. The van der Waals surface area contributed by atoms with Crippen LogP contribution in [0.5, 0.6) is 5.75 Å². The second-order valence-electron chi connectivity index (χ2n) is 6.69. The smallest absolute Gasteiger partial charge is 0.275 e. The number of nitrogens with zero attached hydrogens (tertiary/aromatic N) is 2. The Kier molecular flexibility index (Phi) is 4.34. The van der Waals surface area contributed by atoms with Gasteiger partial charge in [0.05, 0.1) is 12.7 Å². The number of pyridine rings is 1. The number of fused-ring (bicyclic) bond motifs is 4. The Labute approximate surface area is 157 Å². The average Bonchev–Trinajstić information content (AvgIpc) is 2.67. The number of rotatable bonds is 3. The summed E-state index contributed by atoms with van der Waals surface area (Å²) in [6.07, 6.45) is 1.24. The van der Waals surface area contributed by atoms with Crippen molar-refractivity contribution in [2.75, 3.05) is 19.8 Å². The molecule has 8 nitrogen and oxygen atoms in total. The molecule has 0 spiro atoms. The summed E-state index contributed by atoms with van der Waals surface area (Å²) >= 11 is 0. The van der Waals surface area contributed by atoms with Crippen LogP contribution in [0, 0.1) is 11.6 Å². The fraction of sp³-hybridized carbons (Fsp3) is 0.278. The molecule has 3 N–H and O–H groups in total. The first kappa shape index (κ1) is 18.1. The van der Waals surface area contributed by atoms with E-state index >= 15 is 0 Å². The summed E-state index contributed by atoms with van der Waals surface area (Å²) in [5.74, 6) is -3.70. The number of halogens is 2. The summed E-state index contributed by atoms with van der Waals surface area (Å²) in [4.78, 5) is 38.8. The normalized spacial score (nSPS) is 18.0. The molecule has 1 aromatic carbocycles. The van der Waals surface area contributed by atoms with Gasteiger partial charge in [0.15, 0.2) is 11.4 Å². The molecule has 2 aromatic rings. The van der Waals surface area contributed by atoms with Crippen LogP contribution in [0.1, 0.15) is 32.5 Å². The lowest BCUT2D eigenvalue weighted by atomic mass is 10.1. The molecular formula is C18H16F2N4O4. The predicted molar refractivity (Wildman–Crippen MR) is 92.8 cm³/mol. The van der Waals surface area contributed by atoms with E-state index in [2.05, 4.69) is 10.6 Å². The molecule has 2 amide bonds. The van der Waals surface area contributed by atoms with Gasteiger partial charge in [-0.3, -0.25) is 19.7 Å². The highest BCUT2D eigenvalue weighted by Crippen LogP contribution is 2.27. The summed E-state index contributed by atoms with van der Waals surface area (Å²) in [7, 11) is 0. The lowest BCUT2D eigenvalue weighted by molar-refractivity contribution is 0.0572. The molecule has 0 radical (unpaired) electrons. The monoisotopic (exact) mass is 390 g/mol. The van der Waals surface area contributed by atoms with Gasteiger partial charge in [0.1, 0.15) is 17.2 Å². The Morgan fingerprint density at radius 2 is 2.11 bits per heavy atom. The van der Waals surface area contributed by atoms with E-state index in [1.807, 2.05) is 0 Å². The van der Waals surface area contributed by atoms with Gasteiger partial charge < -0.3 is 19.9 Å². The second-order valence-corrected chi connectivity index (χ2v) is 6.69. The molecule has 28 heavy (non-hydrogen) atoms. The third kappa shape index (κ3) is 2.91. The zero-order valence-corrected chi connectivity index (χ0v) is 14.5. The maximum Gasteiger partial charge on any atom is 0.275 e. The van der Waals surface area contributed by atoms with E-state index in [4.69, 9.17) is 0 Å². The van der Waals surface area contributed by atoms with E-state index in [9.17, 15) is 28.3 Å². The standard InChI is InChI=1S/C18H16F2N4O4/c19-10-2-1-9(13(20)3-10)4-22-17(27)12-7-24-11-5-21-8-23(6-11)18(28)14(24)16(26)15(12)25/h1-3,7,11,21,26H,4-6,8H2,(H,22,27)/t11-/m1/s1. The van der Waals surface area contributed by atoms with Crippen molar-refractivity contribution < 1.29 is 23.5 Å². The van der Waals surface area contributed by atoms with Crippen molar-refractivity contribution in [3.63, 3.8) is 0 Å². The van der Waals surface area contributed by atoms with Crippen molar-refractivity contribution in [2.45, 2.75) is 12.6 Å². The molecule has 1 saturated heterocycles. The van der Waals surface area contributed by atoms with E-state index in [1.165, 1.54) is 21.7 Å². The van der Waals surface area contributed by atoms with E-state index < -0.39 is 34.6 Å². The van der Waals surface area contributed by atoms with Crippen molar-refractivity contribution in [3.8, 4) is 5.75 Å². The molecule has 2 bridgehead atoms. The Hall–Kier alpha value is -3.27. The van der Waals surface area contributed by atoms with E-state index in [-0.39, 0.29) is 29.4 Å². The van der Waals surface area contributed by atoms with Crippen LogP contribution in [-0.4, -0.2) is 46.1 Å². The van der Waals surface area contributed by atoms with Gasteiger partial charge in [-0.05, 0) is 6.07 Å². The molecule has 0 unspecified atom stereocenters. The number of hydrogen-bond donors (Lipinski definition) is 3. The summed E-state index contributed by atoms with van der Waals surface area (Å²) in [5, 5.41) is 15.7. The van der Waals surface area contributed by atoms with Crippen molar-refractivity contribution in [1.82, 2.24) is 20.1 Å². The molecule has 2 aliphatic heterocycles. The highest BCUT2D eigenvalue weighted by Gasteiger charge is 2.37. The van der Waals surface area contributed by atoms with E-state index in [0.29, 0.717) is 25.8 Å². The zero-order chi connectivity index (χ0) is 20.0. The lowest BCUT2D eigenvalue weighted by Gasteiger charge is -2.40. The van der Waals surface area contributed by atoms with Crippen molar-refractivity contribution in [1.29, 1.82) is 0 Å². The van der Waals surface area contributed by atoms with Gasteiger partial charge in [-0.2, -0.15) is 0 Å². The maximum atomic E-state index is 13.7. The van der Waals surface area contributed by atoms with Crippen LogP contribution < -0.4 is 16.1 Å². The van der Waals surface area contributed by atoms with Crippen LogP contribution in [-0.2, 0) is 6.54 Å². The van der Waals surface area contributed by atoms with Gasteiger partial charge in [0.25, 0.3) is 11.8 Å². The molecule has 146 valence electrons. The van der Waals surface area contributed by atoms with Gasteiger partial charge in [-0.1, -0.05) is 6.07 Å². The molecule has 10 heteroatoms. The summed E-state index contributed by atoms with van der Waals surface area (Å²) in [6, 6.07) is 2.68. The Morgan fingerprint density at radius 1 is 1.32 bits per heavy atom. The van der Waals surface area contributed by atoms with E-state index in [1.54, 1.807) is 0 Å². The molecule has 0 saturated carbocycles. The Bertz CT molecular complexity index is 1050. The average molecular weight is 390 g/mol. The highest BCUT2D eigenvalue weighted by molar-refractivity contribution is 5.99. The largest absolute Gasteiger partial charge is 0.503 e. The fourth-order valence-electron chi connectivity index (χ4n) is 3.46. The number of amides is 2. The van der Waals surface area contributed by atoms with Gasteiger partial charge in [-0.15, -0.1) is 0 Å². The number of carbonyl (C=O) groups excluding carboxylic acids is 2. The topological polar surface area (TPSA) is 104 Å². The van der Waals surface area contributed by atoms with Gasteiger partial charge in [-0.25, -0.2) is 8.78 Å². The first-order valence-corrected chi connectivity index (χ1v) is 8.57. The minimum atomic E-state index is -0.981. The minimum Gasteiger partial charge on any atom is -0.503 e. The predicted octanol–water partition coefficient (Wildman–Crippen LogP) is 0.320. The second kappa shape index (κ2) is 6.71. The van der Waals surface area contributed by atoms with Crippen molar-refractivity contribution in [3.05, 3.63) is 63.1 Å². The molecule has 1 aromatic heterocycles. The van der Waals surface area contributed by atoms with Crippen LogP contribution in [0.3, 0.4) is 0 Å². The maximum absolute atomic E-state index is 13.7. The van der Waals surface area contributed by atoms with Crippen LogP contribution in [0.4, 0.5) is 8.78 Å². The van der Waals surface area contributed by atoms with Crippen molar-refractivity contribution in [2.24, 2.45) is 0 Å². The molecule has 2 aliphatic rings. The third-order valence-corrected chi connectivity index (χ3v) is 4.91. The molecule has 1 atom stereocenters. The summed E-state index contributed by atoms with van der Waals surface area (Å²) < 4.78 is 28.1. The molecule has 4 rings (SSSR count). The van der Waals surface area contributed by atoms with Crippen LogP contribution >= 0.6 is 0 Å². The minimum absolute atomic E-state index is 0.0411. The zero-order valence-electron chi connectivity index (χ0n) is 14.5. The fourth-order valence-corrected chi connectivity index (χ4v) is 3.46. The number of hydrogen-bond acceptors (Lipinski definition) is 5. The SMILES string of the molecule is O=C(NCc1ccc(F)cc1F)c1cn2c(c(O)c1=O)C(=O)N1CNC[C@@H]2C1. The van der Waals surface area contributed by atoms with Gasteiger partial charge in [0.2, 0.25) is 5.43 Å². The van der Waals surface area contributed by atoms with Crippen LogP contribution in [0.15, 0.2) is 29.2 Å².